The highest BCUT2D eigenvalue weighted by molar-refractivity contribution is 7.87. The number of hydrogen-bond acceptors (Lipinski definition) is 13. The molecule has 78 heavy (non-hydrogen) atoms. The molecule has 6 N–H and O–H groups in total. The van der Waals surface area contributed by atoms with Crippen molar-refractivity contribution in [2.75, 3.05) is 28.5 Å². The molecule has 0 bridgehead atoms. The first-order chi connectivity index (χ1) is 36.3. The van der Waals surface area contributed by atoms with Gasteiger partial charge in [0.2, 0.25) is 16.6 Å². The van der Waals surface area contributed by atoms with E-state index in [1.54, 1.807) is 80.3 Å². The monoisotopic (exact) mass is 1160 g/mol. The van der Waals surface area contributed by atoms with Gasteiger partial charge in [-0.05, 0) is 133 Å². The van der Waals surface area contributed by atoms with Crippen molar-refractivity contribution < 1.29 is 69.7 Å². The van der Waals surface area contributed by atoms with E-state index in [1.165, 1.54) is 24.4 Å². The number of rotatable bonds is 18. The highest BCUT2D eigenvalue weighted by Gasteiger charge is 2.46. The fourth-order valence-electron chi connectivity index (χ4n) is 10.5. The van der Waals surface area contributed by atoms with Crippen LogP contribution in [0.3, 0.4) is 0 Å². The minimum absolute atomic E-state index is 0.0382. The summed E-state index contributed by atoms with van der Waals surface area (Å²) in [6.45, 7) is 11.9. The molecule has 8 rings (SSSR count). The lowest BCUT2D eigenvalue weighted by molar-refractivity contribution is -0.437. The van der Waals surface area contributed by atoms with Crippen LogP contribution in [0.1, 0.15) is 85.8 Å². The van der Waals surface area contributed by atoms with Crippen LogP contribution in [-0.4, -0.2) is 100 Å². The second kappa shape index (κ2) is 21.2. The average molecular weight is 1160 g/mol. The van der Waals surface area contributed by atoms with Gasteiger partial charge < -0.3 is 10.2 Å². The number of anilines is 2. The molecule has 1 amide bonds. The molecule has 25 heteroatoms. The second-order valence-electron chi connectivity index (χ2n) is 20.0. The zero-order valence-corrected chi connectivity index (χ0v) is 47.1. The number of aryl methyl sites for hydroxylation is 1. The molecule has 412 valence electrons. The van der Waals surface area contributed by atoms with E-state index in [-0.39, 0.29) is 40.7 Å². The van der Waals surface area contributed by atoms with Gasteiger partial charge in [0.25, 0.3) is 46.4 Å². The van der Waals surface area contributed by atoms with E-state index >= 15 is 0 Å². The molecule has 0 aliphatic carbocycles. The summed E-state index contributed by atoms with van der Waals surface area (Å²) in [5.74, 6) is -1.11. The molecule has 6 aromatic rings. The van der Waals surface area contributed by atoms with Crippen LogP contribution in [0.15, 0.2) is 136 Å². The number of nitrogens with one attached hydrogen (secondary N) is 2. The summed E-state index contributed by atoms with van der Waals surface area (Å²) in [7, 11) is -22.0. The van der Waals surface area contributed by atoms with Crippen molar-refractivity contribution in [1.29, 1.82) is 0 Å². The maximum absolute atomic E-state index is 13.5. The van der Waals surface area contributed by atoms with Crippen molar-refractivity contribution in [3.05, 3.63) is 155 Å². The molecule has 0 fully saturated rings. The van der Waals surface area contributed by atoms with E-state index in [1.807, 2.05) is 45.1 Å². The van der Waals surface area contributed by atoms with E-state index in [0.717, 1.165) is 28.4 Å². The van der Waals surface area contributed by atoms with Crippen LogP contribution in [0.5, 0.6) is 0 Å². The highest BCUT2D eigenvalue weighted by atomic mass is 32.2. The summed E-state index contributed by atoms with van der Waals surface area (Å²) < 4.78 is 167. The first-order valence-corrected chi connectivity index (χ1v) is 31.3. The Morgan fingerprint density at radius 3 is 1.99 bits per heavy atom. The molecule has 0 saturated heterocycles. The molecule has 1 aromatic heterocycles. The summed E-state index contributed by atoms with van der Waals surface area (Å²) in [5.41, 5.74) is 4.40. The lowest BCUT2D eigenvalue weighted by atomic mass is 9.78. The Bertz CT molecular complexity index is 4160. The minimum Gasteiger partial charge on any atom is -0.348 e. The number of benzene rings is 5. The number of hydrogen-bond donors (Lipinski definition) is 7. The molecule has 0 unspecified atom stereocenters. The Balaban J connectivity index is 1.29. The molecule has 0 radical (unpaired) electrons. The minimum atomic E-state index is -5.08. The standard InChI is InChI=1S/C53H55N5O15S5/c1-7-23-57-44-19-16-39-32(2)26-37(76(65,66)67)27-41(39)49(44)52(3,4)47(57)21-12-34(43-18-11-35(31-54-43)51(59)55-30-33-9-14-36(15-10-33)56-74(60)61)13-22-48-53(5,6)50-42-28-38(77(68,69)70)29-46(78(71,72)73)40(42)17-20-45(50)58(48)24-8-25-75(62,63)64/h9-22,26-29,31,74H,7-8,23-25,30H2,1-6H3,(H5-,55,56,59,60,61,62,63,64,65,66,67,68,69,70,71,72,73)/p+1. The van der Waals surface area contributed by atoms with E-state index in [0.29, 0.717) is 69.4 Å². The summed E-state index contributed by atoms with van der Waals surface area (Å²) in [5, 5.41) is 4.22. The maximum Gasteiger partial charge on any atom is 0.295 e. The Kier molecular flexibility index (Phi) is 15.6. The van der Waals surface area contributed by atoms with E-state index < -0.39 is 83.6 Å². The van der Waals surface area contributed by atoms with Gasteiger partial charge in [-0.3, -0.25) is 32.7 Å². The molecule has 0 spiro atoms. The van der Waals surface area contributed by atoms with Crippen LogP contribution in [-0.2, 0) is 68.7 Å². The van der Waals surface area contributed by atoms with Gasteiger partial charge in [0.05, 0.1) is 32.2 Å². The van der Waals surface area contributed by atoms with Crippen molar-refractivity contribution in [2.24, 2.45) is 0 Å². The predicted molar refractivity (Wildman–Crippen MR) is 298 cm³/mol. The molecule has 0 atom stereocenters. The van der Waals surface area contributed by atoms with Crippen LogP contribution in [0.4, 0.5) is 17.1 Å². The molecule has 3 heterocycles. The van der Waals surface area contributed by atoms with E-state index in [9.17, 15) is 65.1 Å². The third kappa shape index (κ3) is 11.7. The van der Waals surface area contributed by atoms with Crippen LogP contribution < -0.4 is 14.9 Å². The first kappa shape index (κ1) is 57.5. The van der Waals surface area contributed by atoms with Gasteiger partial charge in [0.15, 0.2) is 5.71 Å². The van der Waals surface area contributed by atoms with Gasteiger partial charge in [-0.1, -0.05) is 45.0 Å². The number of thiol groups is 1. The van der Waals surface area contributed by atoms with Crippen molar-refractivity contribution >= 4 is 107 Å². The van der Waals surface area contributed by atoms with Crippen LogP contribution in [0.2, 0.25) is 0 Å². The van der Waals surface area contributed by atoms with E-state index in [4.69, 9.17) is 4.98 Å². The SMILES string of the molecule is CCC[N+]1=C(/C=C/C(=C/C=C2/N(CCCS(=O)(=O)O)c3ccc4c(S(=O)(=O)O)cc(S(=O)(=O)O)cc4c3C2(C)C)c2ccc(C(=O)NCc3ccc(N[SH](=O)=O)cc3)cn2)C(C)(C)c2c1ccc1c(C)cc(S(=O)(=O)O)cc21. The van der Waals surface area contributed by atoms with Gasteiger partial charge in [-0.25, -0.2) is 8.42 Å². The molecular formula is C53H56N5O15S5+. The zero-order chi connectivity index (χ0) is 57.1. The Morgan fingerprint density at radius 2 is 1.40 bits per heavy atom. The van der Waals surface area contributed by atoms with Gasteiger partial charge in [0.1, 0.15) is 11.4 Å². The fraction of sp³-hybridized carbons (Fsp3) is 0.264. The largest absolute Gasteiger partial charge is 0.348 e. The van der Waals surface area contributed by atoms with Crippen LogP contribution in [0.25, 0.3) is 27.1 Å². The zero-order valence-electron chi connectivity index (χ0n) is 42.9. The number of nitrogens with zero attached hydrogens (tertiary/aromatic N) is 3. The Morgan fingerprint density at radius 1 is 0.756 bits per heavy atom. The van der Waals surface area contributed by atoms with Crippen LogP contribution >= 0.6 is 0 Å². The first-order valence-electron chi connectivity index (χ1n) is 24.2. The van der Waals surface area contributed by atoms with Crippen molar-refractivity contribution in [3.63, 3.8) is 0 Å². The third-order valence-electron chi connectivity index (χ3n) is 13.9. The number of fused-ring (bicyclic) bond motifs is 6. The van der Waals surface area contributed by atoms with Crippen molar-refractivity contribution in [3.8, 4) is 0 Å². The molecule has 5 aromatic carbocycles. The van der Waals surface area contributed by atoms with Crippen LogP contribution in [0, 0.1) is 6.92 Å². The lowest BCUT2D eigenvalue weighted by Crippen LogP contribution is -2.28. The van der Waals surface area contributed by atoms with Gasteiger partial charge in [-0.15, -0.1) is 0 Å². The summed E-state index contributed by atoms with van der Waals surface area (Å²) >= 11 is 0. The Labute approximate surface area is 454 Å². The highest BCUT2D eigenvalue weighted by Crippen LogP contribution is 2.52. The summed E-state index contributed by atoms with van der Waals surface area (Å²) in [4.78, 5) is 18.1. The molecule has 2 aliphatic heterocycles. The quantitative estimate of drug-likeness (QED) is 0.0188. The smallest absolute Gasteiger partial charge is 0.295 e. The number of pyridine rings is 1. The normalized spacial score (nSPS) is 16.2. The molecule has 20 nitrogen and oxygen atoms in total. The maximum atomic E-state index is 13.5. The molecule has 2 aliphatic rings. The number of allylic oxidation sites excluding steroid dienone is 6. The van der Waals surface area contributed by atoms with Crippen molar-refractivity contribution in [2.45, 2.75) is 86.4 Å². The molecule has 0 saturated carbocycles. The predicted octanol–water partition coefficient (Wildman–Crippen LogP) is 7.69. The number of amides is 1. The Hall–Kier alpha value is -6.68. The topological polar surface area (TPSA) is 312 Å². The summed E-state index contributed by atoms with van der Waals surface area (Å²) in [6.07, 6.45) is 9.15. The van der Waals surface area contributed by atoms with Gasteiger partial charge >= 0.3 is 0 Å². The molecular weight excluding hydrogens is 1110 g/mol. The van der Waals surface area contributed by atoms with E-state index in [2.05, 4.69) is 14.6 Å². The average Bonchev–Trinajstić information content (AvgIpc) is 3.70. The fourth-order valence-corrected chi connectivity index (χ4v) is 13.2. The lowest BCUT2D eigenvalue weighted by Gasteiger charge is -2.27. The third-order valence-corrected chi connectivity index (χ3v) is 17.7. The van der Waals surface area contributed by atoms with Crippen molar-refractivity contribution in [1.82, 2.24) is 10.3 Å². The number of carbonyl (C=O) groups excluding carboxylic acids is 1. The summed E-state index contributed by atoms with van der Waals surface area (Å²) in [6, 6.07) is 21.0. The number of carbonyl (C=O) groups is 1. The second-order valence-corrected chi connectivity index (χ2v) is 26.5. The number of aromatic nitrogens is 1. The van der Waals surface area contributed by atoms with Gasteiger partial charge in [0, 0.05) is 76.9 Å². The van der Waals surface area contributed by atoms with Gasteiger partial charge in [-0.2, -0.15) is 38.2 Å².